The standard InChI is InChI=1S/C13H15ClN2O3S/c1-2-10-8-15(5-6-20-10)13(17)11-4-3-9(16(18)19)7-12(11)14/h3-4,7,10H,2,5-6,8H2,1H3. The van der Waals surface area contributed by atoms with Gasteiger partial charge in [-0.2, -0.15) is 11.8 Å². The molecule has 5 nitrogen and oxygen atoms in total. The highest BCUT2D eigenvalue weighted by atomic mass is 35.5. The molecule has 0 N–H and O–H groups in total. The Balaban J connectivity index is 2.18. The first-order valence-electron chi connectivity index (χ1n) is 6.37. The number of carbonyl (C=O) groups excluding carboxylic acids is 1. The number of benzene rings is 1. The van der Waals surface area contributed by atoms with Crippen molar-refractivity contribution >= 4 is 35.0 Å². The molecule has 1 aromatic carbocycles. The molecule has 1 aromatic rings. The summed E-state index contributed by atoms with van der Waals surface area (Å²) in [6.45, 7) is 3.49. The summed E-state index contributed by atoms with van der Waals surface area (Å²) in [6.07, 6.45) is 1.02. The number of hydrogen-bond acceptors (Lipinski definition) is 4. The van der Waals surface area contributed by atoms with E-state index < -0.39 is 4.92 Å². The van der Waals surface area contributed by atoms with Crippen LogP contribution in [-0.2, 0) is 0 Å². The second kappa shape index (κ2) is 6.45. The Morgan fingerprint density at radius 3 is 2.95 bits per heavy atom. The van der Waals surface area contributed by atoms with Crippen molar-refractivity contribution in [3.05, 3.63) is 38.9 Å². The second-order valence-electron chi connectivity index (χ2n) is 4.57. The summed E-state index contributed by atoms with van der Waals surface area (Å²) in [5.74, 6) is 0.762. The summed E-state index contributed by atoms with van der Waals surface area (Å²) in [4.78, 5) is 24.3. The summed E-state index contributed by atoms with van der Waals surface area (Å²) in [7, 11) is 0. The van der Waals surface area contributed by atoms with Crippen LogP contribution in [0, 0.1) is 10.1 Å². The van der Waals surface area contributed by atoms with E-state index in [0.717, 1.165) is 12.2 Å². The van der Waals surface area contributed by atoms with Gasteiger partial charge in [-0.25, -0.2) is 0 Å². The molecule has 0 saturated carbocycles. The predicted octanol–water partition coefficient (Wildman–Crippen LogP) is 3.22. The number of nitrogens with zero attached hydrogens (tertiary/aromatic N) is 2. The molecule has 1 aliphatic rings. The molecule has 1 aliphatic heterocycles. The van der Waals surface area contributed by atoms with Crippen LogP contribution < -0.4 is 0 Å². The number of thioether (sulfide) groups is 1. The Labute approximate surface area is 126 Å². The summed E-state index contributed by atoms with van der Waals surface area (Å²) in [5, 5.41) is 11.2. The van der Waals surface area contributed by atoms with Gasteiger partial charge >= 0.3 is 0 Å². The summed E-state index contributed by atoms with van der Waals surface area (Å²) < 4.78 is 0. The van der Waals surface area contributed by atoms with Gasteiger partial charge in [0.15, 0.2) is 0 Å². The smallest absolute Gasteiger partial charge is 0.270 e. The van der Waals surface area contributed by atoms with E-state index in [4.69, 9.17) is 11.6 Å². The first-order valence-corrected chi connectivity index (χ1v) is 7.80. The van der Waals surface area contributed by atoms with Crippen molar-refractivity contribution in [1.29, 1.82) is 0 Å². The zero-order valence-electron chi connectivity index (χ0n) is 11.0. The third kappa shape index (κ3) is 3.24. The van der Waals surface area contributed by atoms with Crippen molar-refractivity contribution in [1.82, 2.24) is 4.90 Å². The molecule has 1 heterocycles. The topological polar surface area (TPSA) is 63.5 Å². The average Bonchev–Trinajstić information content (AvgIpc) is 2.46. The highest BCUT2D eigenvalue weighted by molar-refractivity contribution is 8.00. The van der Waals surface area contributed by atoms with Crippen LogP contribution in [-0.4, -0.2) is 39.8 Å². The summed E-state index contributed by atoms with van der Waals surface area (Å²) in [5.41, 5.74) is 0.228. The lowest BCUT2D eigenvalue weighted by Crippen LogP contribution is -2.41. The van der Waals surface area contributed by atoms with Gasteiger partial charge in [0.1, 0.15) is 0 Å². The minimum atomic E-state index is -0.523. The minimum Gasteiger partial charge on any atom is -0.337 e. The van der Waals surface area contributed by atoms with Gasteiger partial charge in [-0.05, 0) is 12.5 Å². The van der Waals surface area contributed by atoms with E-state index in [-0.39, 0.29) is 16.6 Å². The molecule has 0 radical (unpaired) electrons. The molecule has 0 aliphatic carbocycles. The van der Waals surface area contributed by atoms with Crippen LogP contribution in [0.1, 0.15) is 23.7 Å². The maximum Gasteiger partial charge on any atom is 0.270 e. The van der Waals surface area contributed by atoms with Crippen LogP contribution in [0.15, 0.2) is 18.2 Å². The highest BCUT2D eigenvalue weighted by Gasteiger charge is 2.25. The van der Waals surface area contributed by atoms with Gasteiger partial charge in [-0.1, -0.05) is 18.5 Å². The highest BCUT2D eigenvalue weighted by Crippen LogP contribution is 2.26. The van der Waals surface area contributed by atoms with Crippen LogP contribution in [0.25, 0.3) is 0 Å². The van der Waals surface area contributed by atoms with Gasteiger partial charge in [-0.3, -0.25) is 14.9 Å². The monoisotopic (exact) mass is 314 g/mol. The van der Waals surface area contributed by atoms with Crippen molar-refractivity contribution < 1.29 is 9.72 Å². The fourth-order valence-corrected chi connectivity index (χ4v) is 3.55. The number of nitro benzene ring substituents is 1. The van der Waals surface area contributed by atoms with Crippen molar-refractivity contribution in [3.8, 4) is 0 Å². The zero-order chi connectivity index (χ0) is 14.7. The van der Waals surface area contributed by atoms with Gasteiger partial charge in [0.2, 0.25) is 0 Å². The van der Waals surface area contributed by atoms with Crippen LogP contribution in [0.3, 0.4) is 0 Å². The Bertz CT molecular complexity index is 538. The van der Waals surface area contributed by atoms with Gasteiger partial charge in [0.05, 0.1) is 15.5 Å². The van der Waals surface area contributed by atoms with E-state index in [1.165, 1.54) is 18.2 Å². The number of halogens is 1. The van der Waals surface area contributed by atoms with E-state index >= 15 is 0 Å². The average molecular weight is 315 g/mol. The lowest BCUT2D eigenvalue weighted by molar-refractivity contribution is -0.384. The molecule has 1 saturated heterocycles. The fraction of sp³-hybridized carbons (Fsp3) is 0.462. The number of nitro groups is 1. The number of carbonyl (C=O) groups is 1. The quantitative estimate of drug-likeness (QED) is 0.635. The summed E-state index contributed by atoms with van der Waals surface area (Å²) in [6, 6.07) is 3.98. The van der Waals surface area contributed by atoms with Crippen LogP contribution in [0.5, 0.6) is 0 Å². The molecule has 108 valence electrons. The van der Waals surface area contributed by atoms with Gasteiger partial charge in [0.25, 0.3) is 11.6 Å². The SMILES string of the molecule is CCC1CN(C(=O)c2ccc([N+](=O)[O-])cc2Cl)CCS1. The molecule has 0 aromatic heterocycles. The predicted molar refractivity (Wildman–Crippen MR) is 80.5 cm³/mol. The molecule has 20 heavy (non-hydrogen) atoms. The molecule has 1 atom stereocenters. The Morgan fingerprint density at radius 1 is 1.60 bits per heavy atom. The molecular formula is C13H15ClN2O3S. The van der Waals surface area contributed by atoms with E-state index in [0.29, 0.717) is 23.9 Å². The maximum absolute atomic E-state index is 12.4. The van der Waals surface area contributed by atoms with E-state index in [2.05, 4.69) is 6.92 Å². The van der Waals surface area contributed by atoms with E-state index in [1.54, 1.807) is 4.90 Å². The molecule has 7 heteroatoms. The fourth-order valence-electron chi connectivity index (χ4n) is 2.11. The van der Waals surface area contributed by atoms with Crippen molar-refractivity contribution in [2.75, 3.05) is 18.8 Å². The second-order valence-corrected chi connectivity index (χ2v) is 6.39. The number of amides is 1. The molecule has 1 amide bonds. The first kappa shape index (κ1) is 15.1. The van der Waals surface area contributed by atoms with Gasteiger partial charge in [0, 0.05) is 36.2 Å². The summed E-state index contributed by atoms with van der Waals surface area (Å²) >= 11 is 7.87. The van der Waals surface area contributed by atoms with Gasteiger partial charge < -0.3 is 4.90 Å². The lowest BCUT2D eigenvalue weighted by Gasteiger charge is -2.32. The number of non-ortho nitro benzene ring substituents is 1. The van der Waals surface area contributed by atoms with Crippen molar-refractivity contribution in [2.24, 2.45) is 0 Å². The minimum absolute atomic E-state index is 0.104. The molecule has 1 fully saturated rings. The maximum atomic E-state index is 12.4. The largest absolute Gasteiger partial charge is 0.337 e. The molecule has 0 bridgehead atoms. The first-order chi connectivity index (χ1) is 9.52. The third-order valence-corrected chi connectivity index (χ3v) is 4.96. The Kier molecular flexibility index (Phi) is 4.88. The van der Waals surface area contributed by atoms with E-state index in [9.17, 15) is 14.9 Å². The third-order valence-electron chi connectivity index (χ3n) is 3.28. The molecule has 0 spiro atoms. The number of rotatable bonds is 3. The molecule has 1 unspecified atom stereocenters. The Morgan fingerprint density at radius 2 is 2.35 bits per heavy atom. The van der Waals surface area contributed by atoms with Crippen LogP contribution in [0.4, 0.5) is 5.69 Å². The Hall–Kier alpha value is -1.27. The zero-order valence-corrected chi connectivity index (χ0v) is 12.6. The van der Waals surface area contributed by atoms with Crippen molar-refractivity contribution in [3.63, 3.8) is 0 Å². The van der Waals surface area contributed by atoms with Crippen LogP contribution >= 0.6 is 23.4 Å². The lowest BCUT2D eigenvalue weighted by atomic mass is 10.1. The van der Waals surface area contributed by atoms with Gasteiger partial charge in [-0.15, -0.1) is 0 Å². The normalized spacial score (nSPS) is 18.9. The molecule has 2 rings (SSSR count). The van der Waals surface area contributed by atoms with E-state index in [1.807, 2.05) is 11.8 Å². The van der Waals surface area contributed by atoms with Crippen LogP contribution in [0.2, 0.25) is 5.02 Å². The molecular weight excluding hydrogens is 300 g/mol. The van der Waals surface area contributed by atoms with Crippen molar-refractivity contribution in [2.45, 2.75) is 18.6 Å². The number of hydrogen-bond donors (Lipinski definition) is 0.